The van der Waals surface area contributed by atoms with Crippen molar-refractivity contribution in [1.29, 1.82) is 0 Å². The van der Waals surface area contributed by atoms with E-state index in [-0.39, 0.29) is 18.3 Å². The summed E-state index contributed by atoms with van der Waals surface area (Å²) in [6, 6.07) is 13.2. The molecule has 0 aromatic heterocycles. The molecule has 1 N–H and O–H groups in total. The van der Waals surface area contributed by atoms with Crippen molar-refractivity contribution in [3.63, 3.8) is 0 Å². The van der Waals surface area contributed by atoms with Gasteiger partial charge < -0.3 is 10.1 Å². The summed E-state index contributed by atoms with van der Waals surface area (Å²) in [5.74, 6) is 0.0926. The molecule has 0 heterocycles. The topological polar surface area (TPSA) is 72.5 Å². The molecular weight excluding hydrogens is 282 g/mol. The molecule has 2 rings (SSSR count). The van der Waals surface area contributed by atoms with Crippen LogP contribution in [0.15, 0.2) is 48.5 Å². The minimum absolute atomic E-state index is 0.0312. The highest BCUT2D eigenvalue weighted by molar-refractivity contribution is 5.95. The average molecular weight is 297 g/mol. The lowest BCUT2D eigenvalue weighted by Crippen LogP contribution is -2.20. The molecule has 1 amide bonds. The lowest BCUT2D eigenvalue weighted by atomic mass is 10.1. The number of nitrogens with one attached hydrogen (secondary N) is 1. The first kappa shape index (κ1) is 15.4. The number of carbonyl (C=O) groups excluding carboxylic acids is 3. The van der Waals surface area contributed by atoms with Gasteiger partial charge in [-0.3, -0.25) is 14.4 Å². The van der Waals surface area contributed by atoms with Crippen molar-refractivity contribution in [3.05, 3.63) is 59.7 Å². The van der Waals surface area contributed by atoms with Crippen LogP contribution in [0, 0.1) is 0 Å². The third-order valence-corrected chi connectivity index (χ3v) is 2.94. The van der Waals surface area contributed by atoms with Crippen molar-refractivity contribution in [2.24, 2.45) is 0 Å². The molecule has 0 atom stereocenters. The van der Waals surface area contributed by atoms with E-state index in [4.69, 9.17) is 4.74 Å². The molecule has 0 aliphatic rings. The van der Waals surface area contributed by atoms with Crippen LogP contribution < -0.4 is 10.1 Å². The van der Waals surface area contributed by atoms with Gasteiger partial charge in [-0.2, -0.15) is 0 Å². The summed E-state index contributed by atoms with van der Waals surface area (Å²) in [6.45, 7) is 1.31. The lowest BCUT2D eigenvalue weighted by molar-refractivity contribution is -0.118. The van der Waals surface area contributed by atoms with Crippen molar-refractivity contribution < 1.29 is 19.1 Å². The van der Waals surface area contributed by atoms with Crippen LogP contribution in [-0.2, 0) is 4.79 Å². The third-order valence-electron chi connectivity index (χ3n) is 2.94. The largest absolute Gasteiger partial charge is 0.484 e. The molecule has 22 heavy (non-hydrogen) atoms. The van der Waals surface area contributed by atoms with Gasteiger partial charge in [0.1, 0.15) is 12.0 Å². The number of benzene rings is 2. The van der Waals surface area contributed by atoms with E-state index in [1.807, 2.05) is 0 Å². The van der Waals surface area contributed by atoms with E-state index in [0.29, 0.717) is 28.8 Å². The summed E-state index contributed by atoms with van der Waals surface area (Å²) >= 11 is 0. The Hall–Kier alpha value is -2.95. The summed E-state index contributed by atoms with van der Waals surface area (Å²) in [4.78, 5) is 33.6. The maximum atomic E-state index is 11.8. The van der Waals surface area contributed by atoms with Gasteiger partial charge in [0.25, 0.3) is 5.91 Å². The number of anilines is 1. The summed E-state index contributed by atoms with van der Waals surface area (Å²) in [6.07, 6.45) is 0.712. The number of hydrogen-bond acceptors (Lipinski definition) is 4. The summed E-state index contributed by atoms with van der Waals surface area (Å²) < 4.78 is 5.32. The van der Waals surface area contributed by atoms with Gasteiger partial charge in [-0.15, -0.1) is 0 Å². The summed E-state index contributed by atoms with van der Waals surface area (Å²) in [5.41, 5.74) is 1.65. The number of aldehydes is 1. The molecule has 2 aromatic carbocycles. The Kier molecular flexibility index (Phi) is 5.03. The lowest BCUT2D eigenvalue weighted by Gasteiger charge is -2.08. The van der Waals surface area contributed by atoms with E-state index in [2.05, 4.69) is 5.32 Å². The minimum atomic E-state index is -0.327. The number of ketones is 1. The van der Waals surface area contributed by atoms with Gasteiger partial charge in [0.15, 0.2) is 12.4 Å². The van der Waals surface area contributed by atoms with Crippen LogP contribution in [0.5, 0.6) is 5.75 Å². The highest BCUT2D eigenvalue weighted by Crippen LogP contribution is 2.13. The zero-order chi connectivity index (χ0) is 15.9. The first-order chi connectivity index (χ1) is 10.6. The maximum absolute atomic E-state index is 11.8. The number of amides is 1. The number of rotatable bonds is 6. The Bertz CT molecular complexity index is 692. The number of ether oxygens (including phenoxy) is 1. The molecule has 0 aliphatic heterocycles. The molecule has 0 fully saturated rings. The van der Waals surface area contributed by atoms with Crippen LogP contribution in [0.25, 0.3) is 0 Å². The van der Waals surface area contributed by atoms with Gasteiger partial charge >= 0.3 is 0 Å². The van der Waals surface area contributed by atoms with E-state index in [1.54, 1.807) is 48.5 Å². The first-order valence-corrected chi connectivity index (χ1v) is 6.67. The third kappa shape index (κ3) is 4.28. The zero-order valence-electron chi connectivity index (χ0n) is 12.0. The number of carbonyl (C=O) groups is 3. The van der Waals surface area contributed by atoms with E-state index < -0.39 is 0 Å². The Morgan fingerprint density at radius 3 is 2.50 bits per heavy atom. The molecule has 5 nitrogen and oxygen atoms in total. The Morgan fingerprint density at radius 2 is 1.86 bits per heavy atom. The molecule has 0 bridgehead atoms. The monoisotopic (exact) mass is 297 g/mol. The molecule has 0 unspecified atom stereocenters. The molecule has 0 radical (unpaired) electrons. The maximum Gasteiger partial charge on any atom is 0.262 e. The molecular formula is C17H15NO4. The highest BCUT2D eigenvalue weighted by atomic mass is 16.5. The second kappa shape index (κ2) is 7.17. The predicted molar refractivity (Wildman–Crippen MR) is 82.4 cm³/mol. The standard InChI is InChI=1S/C17H15NO4/c1-12(20)14-5-7-15(8-6-14)18-17(21)11-22-16-4-2-3-13(9-16)10-19/h2-10H,11H2,1H3,(H,18,21). The van der Waals surface area contributed by atoms with Crippen LogP contribution in [0.3, 0.4) is 0 Å². The Balaban J connectivity index is 1.89. The van der Waals surface area contributed by atoms with Crippen LogP contribution in [0.1, 0.15) is 27.6 Å². The van der Waals surface area contributed by atoms with Crippen LogP contribution in [-0.4, -0.2) is 24.6 Å². The van der Waals surface area contributed by atoms with E-state index >= 15 is 0 Å². The fourth-order valence-electron chi connectivity index (χ4n) is 1.81. The van der Waals surface area contributed by atoms with Gasteiger partial charge in [0.05, 0.1) is 0 Å². The smallest absolute Gasteiger partial charge is 0.262 e. The van der Waals surface area contributed by atoms with Crippen molar-refractivity contribution >= 4 is 23.7 Å². The van der Waals surface area contributed by atoms with Gasteiger partial charge in [0.2, 0.25) is 0 Å². The van der Waals surface area contributed by atoms with Crippen LogP contribution in [0.2, 0.25) is 0 Å². The van der Waals surface area contributed by atoms with Gasteiger partial charge in [-0.1, -0.05) is 12.1 Å². The zero-order valence-corrected chi connectivity index (χ0v) is 12.0. The Morgan fingerprint density at radius 1 is 1.14 bits per heavy atom. The quantitative estimate of drug-likeness (QED) is 0.657. The Labute approximate surface area is 127 Å². The van der Waals surface area contributed by atoms with E-state index in [1.165, 1.54) is 6.92 Å². The molecule has 2 aromatic rings. The van der Waals surface area contributed by atoms with Crippen molar-refractivity contribution in [1.82, 2.24) is 0 Å². The highest BCUT2D eigenvalue weighted by Gasteiger charge is 2.05. The molecule has 112 valence electrons. The molecule has 0 saturated heterocycles. The second-order valence-corrected chi connectivity index (χ2v) is 4.66. The van der Waals surface area contributed by atoms with Gasteiger partial charge in [-0.25, -0.2) is 0 Å². The predicted octanol–water partition coefficient (Wildman–Crippen LogP) is 2.72. The number of hydrogen-bond donors (Lipinski definition) is 1. The second-order valence-electron chi connectivity index (χ2n) is 4.66. The van der Waals surface area contributed by atoms with E-state index in [0.717, 1.165) is 0 Å². The van der Waals surface area contributed by atoms with Crippen molar-refractivity contribution in [3.8, 4) is 5.75 Å². The molecule has 0 saturated carbocycles. The SMILES string of the molecule is CC(=O)c1ccc(NC(=O)COc2cccc(C=O)c2)cc1. The summed E-state index contributed by atoms with van der Waals surface area (Å²) in [5, 5.41) is 2.66. The van der Waals surface area contributed by atoms with Crippen LogP contribution in [0.4, 0.5) is 5.69 Å². The normalized spacial score (nSPS) is 9.86. The van der Waals surface area contributed by atoms with E-state index in [9.17, 15) is 14.4 Å². The fourth-order valence-corrected chi connectivity index (χ4v) is 1.81. The van der Waals surface area contributed by atoms with Gasteiger partial charge in [0, 0.05) is 16.8 Å². The number of Topliss-reactive ketones (excluding diaryl/α,β-unsaturated/α-hetero) is 1. The molecule has 0 spiro atoms. The molecule has 0 aliphatic carbocycles. The summed E-state index contributed by atoms with van der Waals surface area (Å²) in [7, 11) is 0. The van der Waals surface area contributed by atoms with Crippen molar-refractivity contribution in [2.45, 2.75) is 6.92 Å². The minimum Gasteiger partial charge on any atom is -0.484 e. The van der Waals surface area contributed by atoms with Crippen molar-refractivity contribution in [2.75, 3.05) is 11.9 Å². The first-order valence-electron chi connectivity index (χ1n) is 6.67. The van der Waals surface area contributed by atoms with Gasteiger partial charge in [-0.05, 0) is 43.3 Å². The fraction of sp³-hybridized carbons (Fsp3) is 0.118. The average Bonchev–Trinajstić information content (AvgIpc) is 2.53. The molecule has 5 heteroatoms. The van der Waals surface area contributed by atoms with Crippen LogP contribution >= 0.6 is 0 Å².